The highest BCUT2D eigenvalue weighted by molar-refractivity contribution is 5.91. The molecule has 1 aromatic carbocycles. The molecule has 0 aliphatic rings. The van der Waals surface area contributed by atoms with Crippen LogP contribution in [-0.2, 0) is 6.54 Å². The number of hydrogen-bond donors (Lipinski definition) is 2. The SMILES string of the molecule is Nc1c(C=O)c(-c2ccccc2)nn1CCO. The fraction of sp³-hybridized carbons (Fsp3) is 0.167. The van der Waals surface area contributed by atoms with Gasteiger partial charge in [-0.3, -0.25) is 4.79 Å². The van der Waals surface area contributed by atoms with E-state index in [1.54, 1.807) is 0 Å². The first-order valence-corrected chi connectivity index (χ1v) is 5.25. The molecule has 17 heavy (non-hydrogen) atoms. The Bertz CT molecular complexity index is 520. The lowest BCUT2D eigenvalue weighted by Crippen LogP contribution is -2.08. The van der Waals surface area contributed by atoms with Crippen LogP contribution in [-0.4, -0.2) is 27.8 Å². The van der Waals surface area contributed by atoms with Crippen LogP contribution in [0.4, 0.5) is 5.82 Å². The number of benzene rings is 1. The molecule has 2 aromatic rings. The maximum atomic E-state index is 11.0. The van der Waals surface area contributed by atoms with Crippen molar-refractivity contribution in [2.45, 2.75) is 6.54 Å². The predicted octanol–water partition coefficient (Wildman–Crippen LogP) is 0.937. The van der Waals surface area contributed by atoms with Gasteiger partial charge in [-0.2, -0.15) is 5.10 Å². The summed E-state index contributed by atoms with van der Waals surface area (Å²) < 4.78 is 1.44. The molecular weight excluding hydrogens is 218 g/mol. The van der Waals surface area contributed by atoms with Crippen LogP contribution in [0.15, 0.2) is 30.3 Å². The van der Waals surface area contributed by atoms with Crippen LogP contribution in [0.2, 0.25) is 0 Å². The molecule has 0 radical (unpaired) electrons. The van der Waals surface area contributed by atoms with Crippen molar-refractivity contribution in [3.63, 3.8) is 0 Å². The molecule has 0 atom stereocenters. The molecule has 0 aliphatic carbocycles. The first kappa shape index (κ1) is 11.3. The number of aliphatic hydroxyl groups excluding tert-OH is 1. The summed E-state index contributed by atoms with van der Waals surface area (Å²) in [6.07, 6.45) is 0.693. The van der Waals surface area contributed by atoms with Gasteiger partial charge in [0.15, 0.2) is 6.29 Å². The summed E-state index contributed by atoms with van der Waals surface area (Å²) in [7, 11) is 0. The Balaban J connectivity index is 2.54. The van der Waals surface area contributed by atoms with Gasteiger partial charge >= 0.3 is 0 Å². The van der Waals surface area contributed by atoms with E-state index < -0.39 is 0 Å². The molecule has 0 unspecified atom stereocenters. The van der Waals surface area contributed by atoms with Crippen molar-refractivity contribution in [2.24, 2.45) is 0 Å². The first-order chi connectivity index (χ1) is 8.27. The van der Waals surface area contributed by atoms with Crippen molar-refractivity contribution in [1.29, 1.82) is 0 Å². The van der Waals surface area contributed by atoms with Crippen LogP contribution in [0.25, 0.3) is 11.3 Å². The minimum atomic E-state index is -0.0710. The molecule has 0 aliphatic heterocycles. The number of nitrogen functional groups attached to an aromatic ring is 1. The van der Waals surface area contributed by atoms with E-state index in [0.717, 1.165) is 5.56 Å². The number of nitrogens with two attached hydrogens (primary N) is 1. The Kier molecular flexibility index (Phi) is 3.20. The fourth-order valence-corrected chi connectivity index (χ4v) is 1.68. The second-order valence-corrected chi connectivity index (χ2v) is 3.58. The molecule has 0 fully saturated rings. The van der Waals surface area contributed by atoms with Crippen LogP contribution in [0.3, 0.4) is 0 Å². The Labute approximate surface area is 98.5 Å². The molecule has 1 heterocycles. The van der Waals surface area contributed by atoms with Crippen molar-refractivity contribution < 1.29 is 9.90 Å². The summed E-state index contributed by atoms with van der Waals surface area (Å²) in [5.41, 5.74) is 7.54. The highest BCUT2D eigenvalue weighted by Gasteiger charge is 2.15. The van der Waals surface area contributed by atoms with Crippen molar-refractivity contribution >= 4 is 12.1 Å². The Morgan fingerprint density at radius 2 is 2.06 bits per heavy atom. The number of hydrogen-bond acceptors (Lipinski definition) is 4. The minimum absolute atomic E-state index is 0.0710. The van der Waals surface area contributed by atoms with Gasteiger partial charge in [0, 0.05) is 5.56 Å². The standard InChI is InChI=1S/C12H13N3O2/c13-12-10(8-17)11(14-15(12)6-7-16)9-4-2-1-3-5-9/h1-5,8,16H,6-7,13H2. The van der Waals surface area contributed by atoms with Crippen molar-refractivity contribution in [3.8, 4) is 11.3 Å². The Morgan fingerprint density at radius 1 is 1.35 bits per heavy atom. The fourth-order valence-electron chi connectivity index (χ4n) is 1.68. The van der Waals surface area contributed by atoms with E-state index in [-0.39, 0.29) is 19.0 Å². The highest BCUT2D eigenvalue weighted by Crippen LogP contribution is 2.25. The van der Waals surface area contributed by atoms with Gasteiger partial charge in [-0.25, -0.2) is 4.68 Å². The number of anilines is 1. The maximum absolute atomic E-state index is 11.0. The summed E-state index contributed by atoms with van der Waals surface area (Å²) in [6.45, 7) is 0.206. The average molecular weight is 231 g/mol. The molecule has 88 valence electrons. The number of aromatic nitrogens is 2. The van der Waals surface area contributed by atoms with Gasteiger partial charge in [0.05, 0.1) is 18.7 Å². The molecule has 0 spiro atoms. The molecule has 3 N–H and O–H groups in total. The van der Waals surface area contributed by atoms with Crippen LogP contribution in [0.1, 0.15) is 10.4 Å². The smallest absolute Gasteiger partial charge is 0.156 e. The first-order valence-electron chi connectivity index (χ1n) is 5.25. The normalized spacial score (nSPS) is 10.4. The summed E-state index contributed by atoms with van der Waals surface area (Å²) in [5.74, 6) is 0.285. The van der Waals surface area contributed by atoms with Crippen LogP contribution >= 0.6 is 0 Å². The van der Waals surface area contributed by atoms with Crippen molar-refractivity contribution in [1.82, 2.24) is 9.78 Å². The van der Waals surface area contributed by atoms with Gasteiger partial charge in [-0.05, 0) is 0 Å². The summed E-state index contributed by atoms with van der Waals surface area (Å²) in [5, 5.41) is 13.1. The third-order valence-corrected chi connectivity index (χ3v) is 2.51. The summed E-state index contributed by atoms with van der Waals surface area (Å²) >= 11 is 0. The van der Waals surface area contributed by atoms with Gasteiger partial charge in [0.25, 0.3) is 0 Å². The van der Waals surface area contributed by atoms with Crippen molar-refractivity contribution in [3.05, 3.63) is 35.9 Å². The van der Waals surface area contributed by atoms with Gasteiger partial charge in [-0.15, -0.1) is 0 Å². The third-order valence-electron chi connectivity index (χ3n) is 2.51. The van der Waals surface area contributed by atoms with Crippen LogP contribution in [0, 0.1) is 0 Å². The van der Waals surface area contributed by atoms with E-state index in [0.29, 0.717) is 17.5 Å². The lowest BCUT2D eigenvalue weighted by atomic mass is 10.1. The van der Waals surface area contributed by atoms with Crippen molar-refractivity contribution in [2.75, 3.05) is 12.3 Å². The predicted molar refractivity (Wildman–Crippen MR) is 64.5 cm³/mol. The van der Waals surface area contributed by atoms with E-state index in [1.165, 1.54) is 4.68 Å². The maximum Gasteiger partial charge on any atom is 0.156 e. The monoisotopic (exact) mass is 231 g/mol. The lowest BCUT2D eigenvalue weighted by Gasteiger charge is -1.99. The molecule has 0 bridgehead atoms. The van der Waals surface area contributed by atoms with Gasteiger partial charge in [0.1, 0.15) is 11.5 Å². The van der Waals surface area contributed by atoms with E-state index >= 15 is 0 Å². The zero-order valence-corrected chi connectivity index (χ0v) is 9.21. The average Bonchev–Trinajstić information content (AvgIpc) is 2.68. The Morgan fingerprint density at radius 3 is 2.65 bits per heavy atom. The molecule has 0 saturated heterocycles. The van der Waals surface area contributed by atoms with Gasteiger partial charge < -0.3 is 10.8 Å². The van der Waals surface area contributed by atoms with Crippen LogP contribution < -0.4 is 5.73 Å². The van der Waals surface area contributed by atoms with E-state index in [1.807, 2.05) is 30.3 Å². The second kappa shape index (κ2) is 4.80. The minimum Gasteiger partial charge on any atom is -0.394 e. The number of carbonyl (C=O) groups is 1. The molecule has 0 saturated carbocycles. The topological polar surface area (TPSA) is 81.1 Å². The zero-order valence-electron chi connectivity index (χ0n) is 9.21. The summed E-state index contributed by atoms with van der Waals surface area (Å²) in [6, 6.07) is 9.34. The zero-order chi connectivity index (χ0) is 12.3. The third kappa shape index (κ3) is 2.05. The molecule has 2 rings (SSSR count). The lowest BCUT2D eigenvalue weighted by molar-refractivity contribution is 0.112. The second-order valence-electron chi connectivity index (χ2n) is 3.58. The Hall–Kier alpha value is -2.14. The quantitative estimate of drug-likeness (QED) is 0.767. The van der Waals surface area contributed by atoms with E-state index in [4.69, 9.17) is 10.8 Å². The number of carbonyl (C=O) groups excluding carboxylic acids is 1. The number of aldehydes is 1. The number of rotatable bonds is 4. The molecular formula is C12H13N3O2. The highest BCUT2D eigenvalue weighted by atomic mass is 16.3. The number of nitrogens with zero attached hydrogens (tertiary/aromatic N) is 2. The molecule has 5 heteroatoms. The summed E-state index contributed by atoms with van der Waals surface area (Å²) in [4.78, 5) is 11.0. The molecule has 5 nitrogen and oxygen atoms in total. The van der Waals surface area contributed by atoms with Gasteiger partial charge in [-0.1, -0.05) is 30.3 Å². The van der Waals surface area contributed by atoms with Crippen LogP contribution in [0.5, 0.6) is 0 Å². The van der Waals surface area contributed by atoms with Gasteiger partial charge in [0.2, 0.25) is 0 Å². The largest absolute Gasteiger partial charge is 0.394 e. The van der Waals surface area contributed by atoms with E-state index in [9.17, 15) is 4.79 Å². The molecule has 1 aromatic heterocycles. The number of aliphatic hydroxyl groups is 1. The van der Waals surface area contributed by atoms with E-state index in [2.05, 4.69) is 5.10 Å². The molecule has 0 amide bonds.